The number of anilines is 1. The molecule has 4 heteroatoms. The monoisotopic (exact) mass is 352 g/mol. The van der Waals surface area contributed by atoms with Gasteiger partial charge < -0.3 is 15.3 Å². The lowest BCUT2D eigenvalue weighted by molar-refractivity contribution is 0.403. The van der Waals surface area contributed by atoms with Crippen LogP contribution in [0.1, 0.15) is 35.4 Å². The highest BCUT2D eigenvalue weighted by atomic mass is 32.2. The molecule has 25 heavy (non-hydrogen) atoms. The zero-order valence-corrected chi connectivity index (χ0v) is 15.2. The zero-order valence-electron chi connectivity index (χ0n) is 14.4. The van der Waals surface area contributed by atoms with E-state index in [1.54, 1.807) is 11.6 Å². The molecule has 5 rings (SSSR count). The third-order valence-corrected chi connectivity index (χ3v) is 6.93. The Labute approximate surface area is 153 Å². The van der Waals surface area contributed by atoms with Crippen LogP contribution in [0.3, 0.4) is 0 Å². The van der Waals surface area contributed by atoms with Crippen molar-refractivity contribution >= 4 is 17.4 Å². The summed E-state index contributed by atoms with van der Waals surface area (Å²) in [7, 11) is 0. The maximum absolute atomic E-state index is 9.76. The topological polar surface area (TPSA) is 35.5 Å². The van der Waals surface area contributed by atoms with Gasteiger partial charge in [0, 0.05) is 29.9 Å². The number of nitrogens with one attached hydrogen (secondary N) is 1. The van der Waals surface area contributed by atoms with Gasteiger partial charge >= 0.3 is 0 Å². The van der Waals surface area contributed by atoms with Crippen molar-refractivity contribution in [3.8, 4) is 5.75 Å². The van der Waals surface area contributed by atoms with Crippen LogP contribution in [0.5, 0.6) is 5.75 Å². The maximum Gasteiger partial charge on any atom is 0.115 e. The molecule has 0 aromatic heterocycles. The predicted octanol–water partition coefficient (Wildman–Crippen LogP) is 3.74. The van der Waals surface area contributed by atoms with Gasteiger partial charge in [0.25, 0.3) is 0 Å². The molecule has 2 atom stereocenters. The highest BCUT2D eigenvalue weighted by Gasteiger charge is 2.41. The molecule has 3 heterocycles. The molecule has 1 saturated heterocycles. The minimum absolute atomic E-state index is 0.355. The van der Waals surface area contributed by atoms with Gasteiger partial charge in [-0.2, -0.15) is 0 Å². The first-order valence-corrected chi connectivity index (χ1v) is 10.3. The van der Waals surface area contributed by atoms with Gasteiger partial charge in [-0.15, -0.1) is 11.8 Å². The van der Waals surface area contributed by atoms with E-state index >= 15 is 0 Å². The summed E-state index contributed by atoms with van der Waals surface area (Å²) in [6.07, 6.45) is 3.42. The molecule has 0 bridgehead atoms. The second kappa shape index (κ2) is 6.26. The Morgan fingerprint density at radius 1 is 1.20 bits per heavy atom. The van der Waals surface area contributed by atoms with E-state index in [0.717, 1.165) is 19.5 Å². The third-order valence-electron chi connectivity index (χ3n) is 5.82. The summed E-state index contributed by atoms with van der Waals surface area (Å²) in [6, 6.07) is 13.2. The molecular formula is C21H24N2OS. The molecule has 0 saturated carbocycles. The fraction of sp³-hybridized carbons (Fsp3) is 0.429. The van der Waals surface area contributed by atoms with E-state index in [4.69, 9.17) is 0 Å². The van der Waals surface area contributed by atoms with Gasteiger partial charge in [-0.05, 0) is 66.4 Å². The first kappa shape index (κ1) is 15.6. The van der Waals surface area contributed by atoms with Crippen LogP contribution in [0, 0.1) is 0 Å². The highest BCUT2D eigenvalue weighted by molar-refractivity contribution is 7.99. The van der Waals surface area contributed by atoms with Crippen LogP contribution >= 0.6 is 11.8 Å². The Morgan fingerprint density at radius 3 is 3.08 bits per heavy atom. The maximum atomic E-state index is 9.76. The highest BCUT2D eigenvalue weighted by Crippen LogP contribution is 2.50. The summed E-state index contributed by atoms with van der Waals surface area (Å²) in [4.78, 5) is 4.19. The average Bonchev–Trinajstić information content (AvgIpc) is 2.78. The Bertz CT molecular complexity index is 806. The Hall–Kier alpha value is -1.65. The van der Waals surface area contributed by atoms with Crippen LogP contribution < -0.4 is 10.2 Å². The van der Waals surface area contributed by atoms with Gasteiger partial charge in [0.15, 0.2) is 0 Å². The SMILES string of the molecule is Oc1cccc(Cc2cc3c4c(c2)[C@@H]2CNCC[C@@H]2N4CCCS3)c1. The summed E-state index contributed by atoms with van der Waals surface area (Å²) in [5.74, 6) is 2.20. The lowest BCUT2D eigenvalue weighted by atomic mass is 9.89. The van der Waals surface area contributed by atoms with E-state index in [0.29, 0.717) is 17.7 Å². The summed E-state index contributed by atoms with van der Waals surface area (Å²) in [6.45, 7) is 3.46. The molecule has 3 aliphatic rings. The number of nitrogens with zero attached hydrogens (tertiary/aromatic N) is 1. The van der Waals surface area contributed by atoms with Crippen LogP contribution in [0.25, 0.3) is 0 Å². The molecule has 3 aliphatic heterocycles. The third kappa shape index (κ3) is 2.72. The minimum atomic E-state index is 0.355. The van der Waals surface area contributed by atoms with Crippen molar-refractivity contribution in [3.05, 3.63) is 53.1 Å². The predicted molar refractivity (Wildman–Crippen MR) is 104 cm³/mol. The second-order valence-electron chi connectivity index (χ2n) is 7.44. The van der Waals surface area contributed by atoms with Gasteiger partial charge in [0.1, 0.15) is 5.75 Å². The van der Waals surface area contributed by atoms with Crippen molar-refractivity contribution in [1.82, 2.24) is 5.32 Å². The van der Waals surface area contributed by atoms with E-state index in [9.17, 15) is 5.11 Å². The van der Waals surface area contributed by atoms with Crippen molar-refractivity contribution < 1.29 is 5.11 Å². The van der Waals surface area contributed by atoms with Crippen LogP contribution in [0.15, 0.2) is 41.3 Å². The summed E-state index contributed by atoms with van der Waals surface area (Å²) in [5, 5.41) is 13.4. The average molecular weight is 353 g/mol. The number of piperidine rings is 1. The van der Waals surface area contributed by atoms with Gasteiger partial charge in [0.2, 0.25) is 0 Å². The number of aromatic hydroxyl groups is 1. The molecule has 130 valence electrons. The van der Waals surface area contributed by atoms with E-state index in [1.807, 2.05) is 23.9 Å². The summed E-state index contributed by atoms with van der Waals surface area (Å²) >= 11 is 2.03. The van der Waals surface area contributed by atoms with Crippen LogP contribution in [-0.2, 0) is 6.42 Å². The zero-order chi connectivity index (χ0) is 16.8. The normalized spacial score (nSPS) is 24.6. The largest absolute Gasteiger partial charge is 0.508 e. The molecular weight excluding hydrogens is 328 g/mol. The van der Waals surface area contributed by atoms with Gasteiger partial charge in [0.05, 0.1) is 5.69 Å². The van der Waals surface area contributed by atoms with Crippen LogP contribution in [-0.4, -0.2) is 36.5 Å². The number of phenols is 1. The molecule has 1 fully saturated rings. The van der Waals surface area contributed by atoms with Crippen molar-refractivity contribution in [2.45, 2.75) is 36.1 Å². The molecule has 0 amide bonds. The van der Waals surface area contributed by atoms with Gasteiger partial charge in [-0.25, -0.2) is 0 Å². The fourth-order valence-corrected chi connectivity index (χ4v) is 5.89. The minimum Gasteiger partial charge on any atom is -0.508 e. The lowest BCUT2D eigenvalue weighted by Crippen LogP contribution is -2.44. The summed E-state index contributed by atoms with van der Waals surface area (Å²) in [5.41, 5.74) is 5.64. The van der Waals surface area contributed by atoms with Crippen molar-refractivity contribution in [2.75, 3.05) is 30.3 Å². The number of phenolic OH excluding ortho intramolecular Hbond substituents is 1. The quantitative estimate of drug-likeness (QED) is 0.863. The fourth-order valence-electron chi connectivity index (χ4n) is 4.79. The Morgan fingerprint density at radius 2 is 2.16 bits per heavy atom. The second-order valence-corrected chi connectivity index (χ2v) is 8.58. The van der Waals surface area contributed by atoms with Gasteiger partial charge in [-0.1, -0.05) is 18.2 Å². The van der Waals surface area contributed by atoms with Crippen LogP contribution in [0.4, 0.5) is 5.69 Å². The van der Waals surface area contributed by atoms with Crippen LogP contribution in [0.2, 0.25) is 0 Å². The number of benzene rings is 2. The van der Waals surface area contributed by atoms with E-state index in [2.05, 4.69) is 28.4 Å². The molecule has 2 N–H and O–H groups in total. The Kier molecular flexibility index (Phi) is 3.90. The number of fused-ring (bicyclic) bond motifs is 3. The number of thioether (sulfide) groups is 1. The molecule has 0 radical (unpaired) electrons. The molecule has 2 aromatic rings. The molecule has 0 unspecified atom stereocenters. The van der Waals surface area contributed by atoms with E-state index in [-0.39, 0.29) is 0 Å². The van der Waals surface area contributed by atoms with Crippen molar-refractivity contribution in [3.63, 3.8) is 0 Å². The van der Waals surface area contributed by atoms with Gasteiger partial charge in [-0.3, -0.25) is 0 Å². The first-order chi connectivity index (χ1) is 12.3. The molecule has 0 spiro atoms. The Balaban J connectivity index is 1.57. The number of rotatable bonds is 2. The lowest BCUT2D eigenvalue weighted by Gasteiger charge is -2.33. The van der Waals surface area contributed by atoms with Crippen molar-refractivity contribution in [1.29, 1.82) is 0 Å². The standard InChI is InChI=1S/C21H24N2OS/c24-16-4-1-3-14(10-16)9-15-11-17-18-13-22-6-5-19(18)23-7-2-8-25-20(12-15)21(17)23/h1,3-4,10-12,18-19,22,24H,2,5-9,13H2/t18-,19-/m0/s1. The summed E-state index contributed by atoms with van der Waals surface area (Å²) < 4.78 is 0. The van der Waals surface area contributed by atoms with E-state index < -0.39 is 0 Å². The first-order valence-electron chi connectivity index (χ1n) is 9.34. The van der Waals surface area contributed by atoms with E-state index in [1.165, 1.54) is 46.8 Å². The molecule has 2 aromatic carbocycles. The molecule has 0 aliphatic carbocycles. The smallest absolute Gasteiger partial charge is 0.115 e. The number of hydrogen-bond acceptors (Lipinski definition) is 4. The number of hydrogen-bond donors (Lipinski definition) is 2. The van der Waals surface area contributed by atoms with Crippen molar-refractivity contribution in [2.24, 2.45) is 0 Å². The molecule has 3 nitrogen and oxygen atoms in total.